The summed E-state index contributed by atoms with van der Waals surface area (Å²) in [5, 5.41) is 0.212. The predicted molar refractivity (Wildman–Crippen MR) is 72.0 cm³/mol. The lowest BCUT2D eigenvalue weighted by Crippen LogP contribution is -2.11. The summed E-state index contributed by atoms with van der Waals surface area (Å²) in [4.78, 5) is 16.8. The lowest BCUT2D eigenvalue weighted by Gasteiger charge is -2.08. The molecule has 0 radical (unpaired) electrons. The summed E-state index contributed by atoms with van der Waals surface area (Å²) in [5.41, 5.74) is 1.38. The van der Waals surface area contributed by atoms with E-state index in [-0.39, 0.29) is 5.28 Å². The maximum atomic E-state index is 5.84. The van der Waals surface area contributed by atoms with E-state index in [9.17, 15) is 0 Å². The van der Waals surface area contributed by atoms with Crippen LogP contribution in [0.2, 0.25) is 5.28 Å². The van der Waals surface area contributed by atoms with E-state index in [4.69, 9.17) is 11.6 Å². The van der Waals surface area contributed by atoms with Gasteiger partial charge in [0.1, 0.15) is 17.7 Å². The van der Waals surface area contributed by atoms with Crippen LogP contribution in [0.4, 0.5) is 0 Å². The number of imidazole rings is 2. The lowest BCUT2D eigenvalue weighted by atomic mass is 10.2. The van der Waals surface area contributed by atoms with Crippen LogP contribution in [0.5, 0.6) is 0 Å². The van der Waals surface area contributed by atoms with Gasteiger partial charge in [-0.05, 0) is 18.0 Å². The smallest absolute Gasteiger partial charge is 0.224 e. The van der Waals surface area contributed by atoms with E-state index >= 15 is 0 Å². The molecular weight excluding hydrogens is 264 g/mol. The first-order chi connectivity index (χ1) is 9.29. The van der Waals surface area contributed by atoms with Crippen molar-refractivity contribution in [2.24, 2.45) is 0 Å². The molecule has 3 aromatic rings. The number of nitrogens with zero attached hydrogens (tertiary/aromatic N) is 6. The van der Waals surface area contributed by atoms with Crippen molar-refractivity contribution in [3.8, 4) is 0 Å². The third kappa shape index (κ3) is 2.19. The van der Waals surface area contributed by atoms with Crippen molar-refractivity contribution >= 4 is 22.8 Å². The van der Waals surface area contributed by atoms with E-state index in [0.29, 0.717) is 11.2 Å². The summed E-state index contributed by atoms with van der Waals surface area (Å²) in [7, 11) is 0. The van der Waals surface area contributed by atoms with Crippen molar-refractivity contribution in [1.82, 2.24) is 29.3 Å². The summed E-state index contributed by atoms with van der Waals surface area (Å²) in [6.45, 7) is 2.16. The predicted octanol–water partition coefficient (Wildman–Crippen LogP) is 2.33. The van der Waals surface area contributed by atoms with Gasteiger partial charge >= 0.3 is 0 Å². The van der Waals surface area contributed by atoms with Crippen molar-refractivity contribution in [2.45, 2.75) is 26.2 Å². The SMILES string of the molecule is CCCCc1nccn1-n1cnc2cnc(Cl)nc21. The Bertz CT molecular complexity index is 701. The number of aromatic nitrogens is 6. The number of hydrogen-bond donors (Lipinski definition) is 0. The fraction of sp³-hybridized carbons (Fsp3) is 0.333. The molecule has 0 unspecified atom stereocenters. The monoisotopic (exact) mass is 276 g/mol. The molecule has 6 nitrogen and oxygen atoms in total. The molecule has 3 aromatic heterocycles. The van der Waals surface area contributed by atoms with Gasteiger partial charge in [-0.15, -0.1) is 0 Å². The average Bonchev–Trinajstić information content (AvgIpc) is 3.01. The Morgan fingerprint density at radius 2 is 2.11 bits per heavy atom. The summed E-state index contributed by atoms with van der Waals surface area (Å²) in [6, 6.07) is 0. The fourth-order valence-corrected chi connectivity index (χ4v) is 2.10. The maximum Gasteiger partial charge on any atom is 0.224 e. The van der Waals surface area contributed by atoms with E-state index in [1.165, 1.54) is 0 Å². The molecule has 0 N–H and O–H groups in total. The molecule has 0 saturated heterocycles. The van der Waals surface area contributed by atoms with Crippen molar-refractivity contribution in [3.63, 3.8) is 0 Å². The maximum absolute atomic E-state index is 5.84. The third-order valence-corrected chi connectivity index (χ3v) is 3.11. The normalized spacial score (nSPS) is 11.3. The molecule has 3 rings (SSSR count). The van der Waals surface area contributed by atoms with Gasteiger partial charge in [0.2, 0.25) is 5.28 Å². The van der Waals surface area contributed by atoms with Crippen LogP contribution in [0.3, 0.4) is 0 Å². The molecule has 0 spiro atoms. The zero-order valence-electron chi connectivity index (χ0n) is 10.5. The van der Waals surface area contributed by atoms with Gasteiger partial charge in [-0.3, -0.25) is 0 Å². The van der Waals surface area contributed by atoms with E-state index in [0.717, 1.165) is 25.1 Å². The van der Waals surface area contributed by atoms with Gasteiger partial charge in [0.25, 0.3) is 0 Å². The number of unbranched alkanes of at least 4 members (excludes halogenated alkanes) is 1. The molecule has 0 saturated carbocycles. The molecule has 0 atom stereocenters. The molecule has 0 aliphatic heterocycles. The summed E-state index contributed by atoms with van der Waals surface area (Å²) in [6.07, 6.45) is 10.1. The number of aryl methyl sites for hydroxylation is 1. The van der Waals surface area contributed by atoms with Crippen LogP contribution in [0, 0.1) is 0 Å². The molecule has 98 valence electrons. The van der Waals surface area contributed by atoms with Gasteiger partial charge < -0.3 is 0 Å². The fourth-order valence-electron chi connectivity index (χ4n) is 1.97. The van der Waals surface area contributed by atoms with Crippen LogP contribution in [0.1, 0.15) is 25.6 Å². The number of halogens is 1. The summed E-state index contributed by atoms with van der Waals surface area (Å²) >= 11 is 5.84. The van der Waals surface area contributed by atoms with Gasteiger partial charge in [0.05, 0.1) is 6.20 Å². The second-order valence-electron chi connectivity index (χ2n) is 4.23. The first-order valence-corrected chi connectivity index (χ1v) is 6.56. The van der Waals surface area contributed by atoms with Crippen molar-refractivity contribution < 1.29 is 0 Å². The van der Waals surface area contributed by atoms with Crippen molar-refractivity contribution in [2.75, 3.05) is 0 Å². The molecule has 7 heteroatoms. The van der Waals surface area contributed by atoms with E-state index in [1.54, 1.807) is 18.7 Å². The minimum Gasteiger partial charge on any atom is -0.240 e. The van der Waals surface area contributed by atoms with Crippen LogP contribution in [-0.4, -0.2) is 29.3 Å². The van der Waals surface area contributed by atoms with Crippen LogP contribution < -0.4 is 0 Å². The zero-order chi connectivity index (χ0) is 13.2. The van der Waals surface area contributed by atoms with Crippen LogP contribution in [0.15, 0.2) is 24.9 Å². The van der Waals surface area contributed by atoms with Crippen molar-refractivity contribution in [3.05, 3.63) is 36.0 Å². The summed E-state index contributed by atoms with van der Waals surface area (Å²) < 4.78 is 3.77. The van der Waals surface area contributed by atoms with Gasteiger partial charge in [-0.25, -0.2) is 24.3 Å². The second kappa shape index (κ2) is 4.97. The van der Waals surface area contributed by atoms with Crippen LogP contribution >= 0.6 is 11.6 Å². The Morgan fingerprint density at radius 1 is 1.21 bits per heavy atom. The molecule has 0 aromatic carbocycles. The first kappa shape index (κ1) is 12.1. The average molecular weight is 277 g/mol. The van der Waals surface area contributed by atoms with E-state index in [1.807, 2.05) is 15.5 Å². The van der Waals surface area contributed by atoms with Gasteiger partial charge in [-0.2, -0.15) is 4.98 Å². The largest absolute Gasteiger partial charge is 0.240 e. The number of hydrogen-bond acceptors (Lipinski definition) is 4. The van der Waals surface area contributed by atoms with Crippen molar-refractivity contribution in [1.29, 1.82) is 0 Å². The highest BCUT2D eigenvalue weighted by Gasteiger charge is 2.10. The highest BCUT2D eigenvalue weighted by molar-refractivity contribution is 6.28. The van der Waals surface area contributed by atoms with E-state index < -0.39 is 0 Å². The first-order valence-electron chi connectivity index (χ1n) is 6.18. The minimum absolute atomic E-state index is 0.212. The molecule has 0 bridgehead atoms. The van der Waals surface area contributed by atoms with E-state index in [2.05, 4.69) is 26.9 Å². The quantitative estimate of drug-likeness (QED) is 0.686. The van der Waals surface area contributed by atoms with Gasteiger partial charge in [-0.1, -0.05) is 13.3 Å². The Hall–Kier alpha value is -1.95. The lowest BCUT2D eigenvalue weighted by molar-refractivity contribution is 0.608. The second-order valence-corrected chi connectivity index (χ2v) is 4.57. The molecule has 19 heavy (non-hydrogen) atoms. The molecule has 0 aliphatic rings. The van der Waals surface area contributed by atoms with Crippen LogP contribution in [-0.2, 0) is 6.42 Å². The Balaban J connectivity index is 2.09. The molecule has 0 fully saturated rings. The van der Waals surface area contributed by atoms with Gasteiger partial charge in [0.15, 0.2) is 5.65 Å². The Kier molecular flexibility index (Phi) is 3.16. The standard InChI is InChI=1S/C12H13ClN6/c1-2-3-4-10-14-5-6-18(10)19-8-16-9-7-15-12(13)17-11(9)19/h5-8H,2-4H2,1H3. The number of rotatable bonds is 4. The van der Waals surface area contributed by atoms with Gasteiger partial charge in [0, 0.05) is 18.8 Å². The molecular formula is C12H13ClN6. The molecule has 0 amide bonds. The highest BCUT2D eigenvalue weighted by atomic mass is 35.5. The summed E-state index contributed by atoms with van der Waals surface area (Å²) in [5.74, 6) is 0.982. The topological polar surface area (TPSA) is 61.4 Å². The zero-order valence-corrected chi connectivity index (χ0v) is 11.2. The van der Waals surface area contributed by atoms with Crippen LogP contribution in [0.25, 0.3) is 11.2 Å². The minimum atomic E-state index is 0.212. The molecule has 3 heterocycles. The Morgan fingerprint density at radius 3 is 2.95 bits per heavy atom. The Labute approximate surface area is 115 Å². The number of fused-ring (bicyclic) bond motifs is 1. The third-order valence-electron chi connectivity index (χ3n) is 2.93. The molecule has 0 aliphatic carbocycles. The highest BCUT2D eigenvalue weighted by Crippen LogP contribution is 2.13.